The minimum Gasteiger partial charge on any atom is -0.323 e. The van der Waals surface area contributed by atoms with Crippen LogP contribution in [0.4, 0.5) is 11.4 Å². The number of benzene rings is 1. The fraction of sp³-hybridized carbons (Fsp3) is 0.353. The summed E-state index contributed by atoms with van der Waals surface area (Å²) in [4.78, 5) is 26.5. The van der Waals surface area contributed by atoms with Crippen molar-refractivity contribution in [3.05, 3.63) is 55.7 Å². The van der Waals surface area contributed by atoms with Gasteiger partial charge < -0.3 is 5.32 Å². The number of rotatable bonds is 5. The van der Waals surface area contributed by atoms with E-state index in [9.17, 15) is 14.9 Å². The highest BCUT2D eigenvalue weighted by atomic mass is 35.5. The van der Waals surface area contributed by atoms with Crippen molar-refractivity contribution in [1.82, 2.24) is 4.90 Å². The number of nitro benzene ring substituents is 1. The second-order valence-corrected chi connectivity index (χ2v) is 7.38. The minimum absolute atomic E-state index is 0.106. The summed E-state index contributed by atoms with van der Waals surface area (Å²) >= 11 is 7.77. The zero-order valence-electron chi connectivity index (χ0n) is 13.6. The average molecular weight is 380 g/mol. The lowest BCUT2D eigenvalue weighted by Crippen LogP contribution is -2.41. The Morgan fingerprint density at radius 3 is 2.96 bits per heavy atom. The van der Waals surface area contributed by atoms with E-state index in [2.05, 4.69) is 16.3 Å². The number of nitrogens with zero attached hydrogens (tertiary/aromatic N) is 2. The maximum atomic E-state index is 12.7. The SMILES string of the molecule is C[C@@H](C(=O)Nc1cc([N+](=O)[O-])ccc1Cl)N1CCC[C@H]1c1cccs1. The predicted octanol–water partition coefficient (Wildman–Crippen LogP) is 4.47. The molecule has 1 N–H and O–H groups in total. The third-order valence-corrected chi connectivity index (χ3v) is 5.76. The first-order valence-corrected chi connectivity index (χ1v) is 9.27. The topological polar surface area (TPSA) is 75.5 Å². The molecule has 0 saturated carbocycles. The Labute approximate surface area is 154 Å². The molecule has 1 aromatic carbocycles. The average Bonchev–Trinajstić information content (AvgIpc) is 3.26. The molecule has 8 heteroatoms. The van der Waals surface area contributed by atoms with Crippen LogP contribution in [-0.2, 0) is 4.79 Å². The summed E-state index contributed by atoms with van der Waals surface area (Å²) in [6.07, 6.45) is 2.06. The van der Waals surface area contributed by atoms with Gasteiger partial charge in [0, 0.05) is 23.1 Å². The van der Waals surface area contributed by atoms with E-state index < -0.39 is 4.92 Å². The third kappa shape index (κ3) is 3.84. The number of nitrogens with one attached hydrogen (secondary N) is 1. The second kappa shape index (κ2) is 7.51. The second-order valence-electron chi connectivity index (χ2n) is 6.00. The van der Waals surface area contributed by atoms with Gasteiger partial charge in [0.2, 0.25) is 5.91 Å². The molecule has 0 bridgehead atoms. The van der Waals surface area contributed by atoms with Gasteiger partial charge in [-0.25, -0.2) is 0 Å². The Morgan fingerprint density at radius 1 is 1.48 bits per heavy atom. The van der Waals surface area contributed by atoms with Gasteiger partial charge in [-0.3, -0.25) is 19.8 Å². The zero-order valence-corrected chi connectivity index (χ0v) is 15.2. The number of nitro groups is 1. The van der Waals surface area contributed by atoms with E-state index in [1.165, 1.54) is 23.1 Å². The monoisotopic (exact) mass is 379 g/mol. The smallest absolute Gasteiger partial charge is 0.271 e. The van der Waals surface area contributed by atoms with Crippen LogP contribution in [0.25, 0.3) is 0 Å². The van der Waals surface area contributed by atoms with Crippen molar-refractivity contribution in [1.29, 1.82) is 0 Å². The Hall–Kier alpha value is -1.96. The summed E-state index contributed by atoms with van der Waals surface area (Å²) < 4.78 is 0. The molecule has 1 fully saturated rings. The molecular formula is C17H18ClN3O3S. The van der Waals surface area contributed by atoms with Crippen LogP contribution in [0.1, 0.15) is 30.7 Å². The molecule has 1 aliphatic rings. The maximum absolute atomic E-state index is 12.7. The van der Waals surface area contributed by atoms with Crippen LogP contribution in [0.15, 0.2) is 35.7 Å². The Balaban J connectivity index is 1.75. The number of likely N-dealkylation sites (tertiary alicyclic amines) is 1. The molecule has 1 saturated heterocycles. The number of halogens is 1. The number of thiophene rings is 1. The number of anilines is 1. The molecular weight excluding hydrogens is 362 g/mol. The lowest BCUT2D eigenvalue weighted by molar-refractivity contribution is -0.384. The minimum atomic E-state index is -0.511. The van der Waals surface area contributed by atoms with E-state index in [0.29, 0.717) is 0 Å². The highest BCUT2D eigenvalue weighted by molar-refractivity contribution is 7.10. The molecule has 2 atom stereocenters. The van der Waals surface area contributed by atoms with E-state index in [-0.39, 0.29) is 34.4 Å². The van der Waals surface area contributed by atoms with E-state index in [0.717, 1.165) is 19.4 Å². The molecule has 2 heterocycles. The van der Waals surface area contributed by atoms with Crippen molar-refractivity contribution in [2.24, 2.45) is 0 Å². The number of carbonyl (C=O) groups excluding carboxylic acids is 1. The van der Waals surface area contributed by atoms with Crippen LogP contribution in [-0.4, -0.2) is 28.3 Å². The molecule has 1 amide bonds. The van der Waals surface area contributed by atoms with Gasteiger partial charge in [-0.2, -0.15) is 0 Å². The van der Waals surface area contributed by atoms with E-state index in [1.54, 1.807) is 11.3 Å². The first-order valence-electron chi connectivity index (χ1n) is 8.01. The number of non-ortho nitro benzene ring substituents is 1. The van der Waals surface area contributed by atoms with Crippen LogP contribution in [0, 0.1) is 10.1 Å². The lowest BCUT2D eigenvalue weighted by Gasteiger charge is -2.29. The van der Waals surface area contributed by atoms with Gasteiger partial charge in [0.05, 0.1) is 21.7 Å². The van der Waals surface area contributed by atoms with Crippen molar-refractivity contribution >= 4 is 40.2 Å². The van der Waals surface area contributed by atoms with Gasteiger partial charge in [-0.15, -0.1) is 11.3 Å². The largest absolute Gasteiger partial charge is 0.323 e. The summed E-state index contributed by atoms with van der Waals surface area (Å²) in [6, 6.07) is 8.01. The lowest BCUT2D eigenvalue weighted by atomic mass is 10.1. The zero-order chi connectivity index (χ0) is 18.0. The fourth-order valence-electron chi connectivity index (χ4n) is 3.15. The predicted molar refractivity (Wildman–Crippen MR) is 99.2 cm³/mol. The van der Waals surface area contributed by atoms with Crippen LogP contribution < -0.4 is 5.32 Å². The molecule has 1 aromatic heterocycles. The first-order chi connectivity index (χ1) is 12.0. The Kier molecular flexibility index (Phi) is 5.36. The van der Waals surface area contributed by atoms with Gasteiger partial charge in [-0.05, 0) is 43.8 Å². The van der Waals surface area contributed by atoms with Gasteiger partial charge in [0.15, 0.2) is 0 Å². The molecule has 1 aliphatic heterocycles. The van der Waals surface area contributed by atoms with Gasteiger partial charge in [0.25, 0.3) is 5.69 Å². The van der Waals surface area contributed by atoms with Gasteiger partial charge in [-0.1, -0.05) is 17.7 Å². The molecule has 2 aromatic rings. The molecule has 0 aliphatic carbocycles. The quantitative estimate of drug-likeness (QED) is 0.614. The number of amides is 1. The molecule has 0 unspecified atom stereocenters. The van der Waals surface area contributed by atoms with E-state index in [4.69, 9.17) is 11.6 Å². The van der Waals surface area contributed by atoms with Crippen molar-refractivity contribution < 1.29 is 9.72 Å². The summed E-state index contributed by atoms with van der Waals surface area (Å²) in [6.45, 7) is 2.70. The molecule has 6 nitrogen and oxygen atoms in total. The fourth-order valence-corrected chi connectivity index (χ4v) is 4.20. The number of hydrogen-bond donors (Lipinski definition) is 1. The van der Waals surface area contributed by atoms with E-state index in [1.807, 2.05) is 18.4 Å². The maximum Gasteiger partial charge on any atom is 0.271 e. The van der Waals surface area contributed by atoms with Crippen molar-refractivity contribution in [2.75, 3.05) is 11.9 Å². The van der Waals surface area contributed by atoms with Crippen LogP contribution in [0.2, 0.25) is 5.02 Å². The van der Waals surface area contributed by atoms with E-state index >= 15 is 0 Å². The standard InChI is InChI=1S/C17H18ClN3O3S/c1-11(20-8-2-4-15(20)16-5-3-9-25-16)17(22)19-14-10-12(21(23)24)6-7-13(14)18/h3,5-7,9-11,15H,2,4,8H2,1H3,(H,19,22)/t11-,15-/m0/s1. The van der Waals surface area contributed by atoms with Crippen LogP contribution in [0.5, 0.6) is 0 Å². The Morgan fingerprint density at radius 2 is 2.28 bits per heavy atom. The first kappa shape index (κ1) is 17.8. The highest BCUT2D eigenvalue weighted by Gasteiger charge is 2.33. The van der Waals surface area contributed by atoms with Crippen molar-refractivity contribution in [3.63, 3.8) is 0 Å². The molecule has 3 rings (SSSR count). The van der Waals surface area contributed by atoms with Crippen LogP contribution >= 0.6 is 22.9 Å². The molecule has 0 spiro atoms. The summed E-state index contributed by atoms with van der Waals surface area (Å²) in [7, 11) is 0. The summed E-state index contributed by atoms with van der Waals surface area (Å²) in [5.74, 6) is -0.217. The van der Waals surface area contributed by atoms with Gasteiger partial charge >= 0.3 is 0 Å². The Bertz CT molecular complexity index is 781. The molecule has 0 radical (unpaired) electrons. The van der Waals surface area contributed by atoms with Crippen molar-refractivity contribution in [3.8, 4) is 0 Å². The number of carbonyl (C=O) groups is 1. The van der Waals surface area contributed by atoms with Crippen molar-refractivity contribution in [2.45, 2.75) is 31.8 Å². The highest BCUT2D eigenvalue weighted by Crippen LogP contribution is 2.36. The summed E-state index contributed by atoms with van der Waals surface area (Å²) in [5.41, 5.74) is 0.157. The molecule has 25 heavy (non-hydrogen) atoms. The van der Waals surface area contributed by atoms with Crippen LogP contribution in [0.3, 0.4) is 0 Å². The molecule has 132 valence electrons. The third-order valence-electron chi connectivity index (χ3n) is 4.46. The number of hydrogen-bond acceptors (Lipinski definition) is 5. The normalized spacial score (nSPS) is 18.9. The summed E-state index contributed by atoms with van der Waals surface area (Å²) in [5, 5.41) is 16.0. The van der Waals surface area contributed by atoms with Gasteiger partial charge in [0.1, 0.15) is 0 Å².